The Hall–Kier alpha value is -3.43. The summed E-state index contributed by atoms with van der Waals surface area (Å²) in [5, 5.41) is 2.83. The maximum Gasteiger partial charge on any atom is 0.419 e. The van der Waals surface area contributed by atoms with E-state index in [2.05, 4.69) is 22.3 Å². The largest absolute Gasteiger partial charge is 0.419 e. The van der Waals surface area contributed by atoms with E-state index in [1.165, 1.54) is 5.56 Å². The van der Waals surface area contributed by atoms with Crippen LogP contribution in [0.25, 0.3) is 11.1 Å². The minimum absolute atomic E-state index is 0.0472. The number of benzene rings is 2. The van der Waals surface area contributed by atoms with Crippen LogP contribution in [0.5, 0.6) is 0 Å². The fourth-order valence-corrected chi connectivity index (χ4v) is 4.29. The fourth-order valence-electron chi connectivity index (χ4n) is 4.29. The second-order valence-electron chi connectivity index (χ2n) is 8.36. The quantitative estimate of drug-likeness (QED) is 0.538. The molecule has 1 aromatic heterocycles. The number of aromatic nitrogens is 1. The molecule has 3 N–H and O–H groups in total. The van der Waals surface area contributed by atoms with Gasteiger partial charge in [0.15, 0.2) is 5.58 Å². The monoisotopic (exact) mass is 451 g/mol. The Kier molecular flexibility index (Phi) is 6.90. The molecular weight excluding hydrogens is 422 g/mol. The molecule has 0 bridgehead atoms. The van der Waals surface area contributed by atoms with Crippen molar-refractivity contribution in [1.29, 1.82) is 0 Å². The Balaban J connectivity index is 1.39. The Morgan fingerprint density at radius 3 is 2.67 bits per heavy atom. The summed E-state index contributed by atoms with van der Waals surface area (Å²) in [7, 11) is 0. The third kappa shape index (κ3) is 5.32. The third-order valence-corrected chi connectivity index (χ3v) is 5.90. The minimum Gasteiger partial charge on any atom is -0.408 e. The van der Waals surface area contributed by atoms with Gasteiger partial charge >= 0.3 is 5.76 Å². The number of amides is 2. The molecule has 9 nitrogen and oxygen atoms in total. The van der Waals surface area contributed by atoms with Gasteiger partial charge < -0.3 is 15.5 Å². The Morgan fingerprint density at radius 1 is 1.15 bits per heavy atom. The zero-order chi connectivity index (χ0) is 23.4. The molecule has 1 aliphatic rings. The summed E-state index contributed by atoms with van der Waals surface area (Å²) < 4.78 is 6.89. The molecule has 1 saturated heterocycles. The summed E-state index contributed by atoms with van der Waals surface area (Å²) in [5.41, 5.74) is 8.48. The summed E-state index contributed by atoms with van der Waals surface area (Å²) in [6, 6.07) is 14.7. The van der Waals surface area contributed by atoms with Crippen LogP contribution in [0.1, 0.15) is 18.9 Å². The number of fused-ring (bicyclic) bond motifs is 1. The highest BCUT2D eigenvalue weighted by molar-refractivity contribution is 5.94. The van der Waals surface area contributed by atoms with Crippen molar-refractivity contribution in [3.05, 3.63) is 64.6 Å². The number of nitrogens with two attached hydrogens (primary N) is 1. The number of piperazine rings is 1. The molecule has 2 heterocycles. The molecule has 9 heteroatoms. The number of nitrogens with one attached hydrogen (secondary N) is 1. The zero-order valence-corrected chi connectivity index (χ0v) is 18.7. The number of hydrogen-bond donors (Lipinski definition) is 2. The molecule has 0 aliphatic carbocycles. The van der Waals surface area contributed by atoms with Crippen molar-refractivity contribution in [1.82, 2.24) is 14.4 Å². The SMILES string of the molecule is CCCn1c(=O)oc2cc(NC(=O)CN3CCN(Cc4ccccc4)C[C@H]3C(N)=O)ccc21. The van der Waals surface area contributed by atoms with Crippen LogP contribution in [-0.2, 0) is 22.7 Å². The lowest BCUT2D eigenvalue weighted by atomic mass is 10.1. The number of primary amides is 1. The molecule has 0 radical (unpaired) electrons. The highest BCUT2D eigenvalue weighted by Gasteiger charge is 2.32. The van der Waals surface area contributed by atoms with Gasteiger partial charge in [0.25, 0.3) is 0 Å². The van der Waals surface area contributed by atoms with Gasteiger partial charge in [-0.1, -0.05) is 37.3 Å². The van der Waals surface area contributed by atoms with E-state index >= 15 is 0 Å². The number of oxazole rings is 1. The molecule has 1 fully saturated rings. The summed E-state index contributed by atoms with van der Waals surface area (Å²) in [4.78, 5) is 40.8. The van der Waals surface area contributed by atoms with E-state index < -0.39 is 17.7 Å². The minimum atomic E-state index is -0.545. The summed E-state index contributed by atoms with van der Waals surface area (Å²) >= 11 is 0. The molecule has 2 aromatic carbocycles. The van der Waals surface area contributed by atoms with Crippen LogP contribution in [0.3, 0.4) is 0 Å². The molecular formula is C24H29N5O4. The van der Waals surface area contributed by atoms with E-state index in [-0.39, 0.29) is 12.5 Å². The molecule has 1 atom stereocenters. The normalized spacial score (nSPS) is 17.3. The number of carbonyl (C=O) groups excluding carboxylic acids is 2. The number of aryl methyl sites for hydroxylation is 1. The number of nitrogens with zero attached hydrogens (tertiary/aromatic N) is 3. The van der Waals surface area contributed by atoms with Crippen LogP contribution in [0.2, 0.25) is 0 Å². The van der Waals surface area contributed by atoms with Crippen LogP contribution in [0, 0.1) is 0 Å². The van der Waals surface area contributed by atoms with Gasteiger partial charge in [0.2, 0.25) is 11.8 Å². The first-order valence-electron chi connectivity index (χ1n) is 11.2. The van der Waals surface area contributed by atoms with E-state index in [0.717, 1.165) is 19.5 Å². The molecule has 0 saturated carbocycles. The molecule has 2 amide bonds. The van der Waals surface area contributed by atoms with Crippen molar-refractivity contribution in [3.63, 3.8) is 0 Å². The Labute approximate surface area is 191 Å². The van der Waals surface area contributed by atoms with Crippen molar-refractivity contribution in [3.8, 4) is 0 Å². The third-order valence-electron chi connectivity index (χ3n) is 5.90. The number of hydrogen-bond acceptors (Lipinski definition) is 6. The van der Waals surface area contributed by atoms with Crippen LogP contribution in [0.15, 0.2) is 57.7 Å². The van der Waals surface area contributed by atoms with Crippen molar-refractivity contribution < 1.29 is 14.0 Å². The van der Waals surface area contributed by atoms with E-state index in [4.69, 9.17) is 10.2 Å². The van der Waals surface area contributed by atoms with Crippen LogP contribution in [-0.4, -0.2) is 58.4 Å². The molecule has 33 heavy (non-hydrogen) atoms. The van der Waals surface area contributed by atoms with E-state index in [1.807, 2.05) is 30.0 Å². The molecule has 1 aliphatic heterocycles. The molecule has 0 unspecified atom stereocenters. The van der Waals surface area contributed by atoms with Crippen molar-refractivity contribution in [2.24, 2.45) is 5.73 Å². The van der Waals surface area contributed by atoms with Crippen molar-refractivity contribution >= 4 is 28.6 Å². The first-order valence-corrected chi connectivity index (χ1v) is 11.2. The molecule has 3 aromatic rings. The van der Waals surface area contributed by atoms with Gasteiger partial charge in [-0.15, -0.1) is 0 Å². The van der Waals surface area contributed by atoms with Gasteiger partial charge in [-0.3, -0.25) is 24.0 Å². The predicted molar refractivity (Wildman–Crippen MR) is 126 cm³/mol. The van der Waals surface area contributed by atoms with Gasteiger partial charge in [0, 0.05) is 44.5 Å². The fraction of sp³-hybridized carbons (Fsp3) is 0.375. The lowest BCUT2D eigenvalue weighted by Gasteiger charge is -2.39. The maximum absolute atomic E-state index is 12.7. The second kappa shape index (κ2) is 10.0. The summed E-state index contributed by atoms with van der Waals surface area (Å²) in [5.74, 6) is -1.11. The smallest absolute Gasteiger partial charge is 0.408 e. The summed E-state index contributed by atoms with van der Waals surface area (Å²) in [6.07, 6.45) is 0.812. The molecule has 4 rings (SSSR count). The van der Waals surface area contributed by atoms with E-state index in [0.29, 0.717) is 36.4 Å². The highest BCUT2D eigenvalue weighted by atomic mass is 16.4. The average molecular weight is 452 g/mol. The van der Waals surface area contributed by atoms with Gasteiger partial charge in [-0.2, -0.15) is 0 Å². The van der Waals surface area contributed by atoms with Gasteiger partial charge in [0.05, 0.1) is 12.1 Å². The topological polar surface area (TPSA) is 114 Å². The van der Waals surface area contributed by atoms with Crippen LogP contribution in [0.4, 0.5) is 5.69 Å². The molecule has 0 spiro atoms. The predicted octanol–water partition coefficient (Wildman–Crippen LogP) is 1.61. The lowest BCUT2D eigenvalue weighted by Crippen LogP contribution is -2.59. The Bertz CT molecular complexity index is 1190. The van der Waals surface area contributed by atoms with Crippen LogP contribution < -0.4 is 16.8 Å². The summed E-state index contributed by atoms with van der Waals surface area (Å²) in [6.45, 7) is 5.09. The highest BCUT2D eigenvalue weighted by Crippen LogP contribution is 2.19. The molecule has 174 valence electrons. The number of carbonyl (C=O) groups is 2. The number of anilines is 1. The first-order chi connectivity index (χ1) is 15.9. The standard InChI is InChI=1S/C24H29N5O4/c1-2-10-29-19-9-8-18(13-21(19)33-24(29)32)26-22(30)16-28-12-11-27(15-20(28)23(25)31)14-17-6-4-3-5-7-17/h3-9,13,20H,2,10-12,14-16H2,1H3,(H2,25,31)(H,26,30)/t20-/m0/s1. The van der Waals surface area contributed by atoms with Crippen LogP contribution >= 0.6 is 0 Å². The maximum atomic E-state index is 12.7. The van der Waals surface area contributed by atoms with E-state index in [1.54, 1.807) is 22.8 Å². The number of rotatable bonds is 8. The van der Waals surface area contributed by atoms with Crippen molar-refractivity contribution in [2.75, 3.05) is 31.5 Å². The second-order valence-corrected chi connectivity index (χ2v) is 8.36. The Morgan fingerprint density at radius 2 is 1.94 bits per heavy atom. The van der Waals surface area contributed by atoms with E-state index in [9.17, 15) is 14.4 Å². The van der Waals surface area contributed by atoms with Gasteiger partial charge in [-0.25, -0.2) is 4.79 Å². The average Bonchev–Trinajstić information content (AvgIpc) is 3.10. The zero-order valence-electron chi connectivity index (χ0n) is 18.7. The lowest BCUT2D eigenvalue weighted by molar-refractivity contribution is -0.127. The van der Waals surface area contributed by atoms with Gasteiger partial charge in [-0.05, 0) is 24.1 Å². The van der Waals surface area contributed by atoms with Gasteiger partial charge in [0.1, 0.15) is 6.04 Å². The first kappa shape index (κ1) is 22.8. The van der Waals surface area contributed by atoms with Crippen molar-refractivity contribution in [2.45, 2.75) is 32.5 Å².